The topological polar surface area (TPSA) is 57.6 Å². The lowest BCUT2D eigenvalue weighted by atomic mass is 9.99. The van der Waals surface area contributed by atoms with E-state index in [9.17, 15) is 9.59 Å². The van der Waals surface area contributed by atoms with Crippen LogP contribution in [0.1, 0.15) is 42.6 Å². The van der Waals surface area contributed by atoms with E-state index in [4.69, 9.17) is 5.11 Å². The van der Waals surface area contributed by atoms with Gasteiger partial charge in [0.2, 0.25) is 0 Å². The molecule has 1 aliphatic heterocycles. The fourth-order valence-electron chi connectivity index (χ4n) is 2.65. The Labute approximate surface area is 119 Å². The maximum absolute atomic E-state index is 12.4. The highest BCUT2D eigenvalue weighted by Gasteiger charge is 2.37. The highest BCUT2D eigenvalue weighted by Crippen LogP contribution is 2.25. The Morgan fingerprint density at radius 2 is 1.80 bits per heavy atom. The van der Waals surface area contributed by atoms with Crippen molar-refractivity contribution in [3.8, 4) is 0 Å². The summed E-state index contributed by atoms with van der Waals surface area (Å²) in [5.74, 6) is -0.901. The number of amides is 1. The Balaban J connectivity index is 2.10. The number of rotatable bonds is 3. The standard InChI is InChI=1S/C16H21NO3/c1-10(2)12-4-6-13(7-5-12)15(18)17-8-11(3)14(9-17)16(19)20/h4-7,10-11,14H,8-9H2,1-3H3,(H,19,20)/t11-,14-/m1/s1. The lowest BCUT2D eigenvalue weighted by Gasteiger charge is -2.16. The van der Waals surface area contributed by atoms with Crippen molar-refractivity contribution in [1.29, 1.82) is 0 Å². The minimum Gasteiger partial charge on any atom is -0.481 e. The first-order valence-electron chi connectivity index (χ1n) is 7.02. The van der Waals surface area contributed by atoms with Crippen molar-refractivity contribution < 1.29 is 14.7 Å². The third-order valence-corrected chi connectivity index (χ3v) is 4.04. The normalized spacial score (nSPS) is 22.3. The van der Waals surface area contributed by atoms with E-state index in [1.165, 1.54) is 5.56 Å². The van der Waals surface area contributed by atoms with Crippen molar-refractivity contribution in [2.45, 2.75) is 26.7 Å². The molecule has 0 unspecified atom stereocenters. The van der Waals surface area contributed by atoms with Crippen LogP contribution in [0.2, 0.25) is 0 Å². The van der Waals surface area contributed by atoms with Gasteiger partial charge in [-0.05, 0) is 29.5 Å². The van der Waals surface area contributed by atoms with Gasteiger partial charge in [-0.2, -0.15) is 0 Å². The second kappa shape index (κ2) is 5.65. The zero-order chi connectivity index (χ0) is 14.9. The number of hydrogen-bond donors (Lipinski definition) is 1. The average molecular weight is 275 g/mol. The molecule has 1 amide bonds. The van der Waals surface area contributed by atoms with Crippen molar-refractivity contribution in [2.24, 2.45) is 11.8 Å². The summed E-state index contributed by atoms with van der Waals surface area (Å²) in [5.41, 5.74) is 1.83. The van der Waals surface area contributed by atoms with Crippen molar-refractivity contribution in [3.05, 3.63) is 35.4 Å². The van der Waals surface area contributed by atoms with Gasteiger partial charge in [0.05, 0.1) is 5.92 Å². The number of carbonyl (C=O) groups is 2. The summed E-state index contributed by atoms with van der Waals surface area (Å²) in [6.07, 6.45) is 0. The van der Waals surface area contributed by atoms with Gasteiger partial charge in [0.1, 0.15) is 0 Å². The van der Waals surface area contributed by atoms with Gasteiger partial charge in [-0.3, -0.25) is 9.59 Å². The van der Waals surface area contributed by atoms with E-state index in [1.54, 1.807) is 4.90 Å². The fourth-order valence-corrected chi connectivity index (χ4v) is 2.65. The first-order valence-corrected chi connectivity index (χ1v) is 7.02. The number of likely N-dealkylation sites (tertiary alicyclic amines) is 1. The molecule has 20 heavy (non-hydrogen) atoms. The number of benzene rings is 1. The molecule has 1 saturated heterocycles. The zero-order valence-electron chi connectivity index (χ0n) is 12.2. The molecule has 0 aliphatic carbocycles. The molecule has 4 nitrogen and oxygen atoms in total. The van der Waals surface area contributed by atoms with Crippen molar-refractivity contribution in [1.82, 2.24) is 4.90 Å². The summed E-state index contributed by atoms with van der Waals surface area (Å²) in [5, 5.41) is 9.11. The van der Waals surface area contributed by atoms with Crippen LogP contribution >= 0.6 is 0 Å². The smallest absolute Gasteiger partial charge is 0.308 e. The molecule has 108 valence electrons. The third kappa shape index (κ3) is 2.84. The maximum Gasteiger partial charge on any atom is 0.308 e. The van der Waals surface area contributed by atoms with E-state index in [1.807, 2.05) is 31.2 Å². The molecule has 1 aromatic rings. The van der Waals surface area contributed by atoms with Crippen molar-refractivity contribution in [3.63, 3.8) is 0 Å². The number of carboxylic acid groups (broad SMARTS) is 1. The highest BCUT2D eigenvalue weighted by molar-refractivity contribution is 5.94. The molecule has 1 fully saturated rings. The molecule has 2 atom stereocenters. The summed E-state index contributed by atoms with van der Waals surface area (Å²) in [7, 11) is 0. The SMILES string of the molecule is CC(C)c1ccc(C(=O)N2C[C@@H](C)[C@H](C(=O)O)C2)cc1. The number of hydrogen-bond acceptors (Lipinski definition) is 2. The summed E-state index contributed by atoms with van der Waals surface area (Å²) in [4.78, 5) is 25.1. The second-order valence-corrected chi connectivity index (χ2v) is 5.91. The van der Waals surface area contributed by atoms with Crippen LogP contribution in [-0.2, 0) is 4.79 Å². The van der Waals surface area contributed by atoms with Crippen LogP contribution in [0.15, 0.2) is 24.3 Å². The van der Waals surface area contributed by atoms with Crippen molar-refractivity contribution in [2.75, 3.05) is 13.1 Å². The minimum absolute atomic E-state index is 0.00591. The van der Waals surface area contributed by atoms with Gasteiger partial charge in [0.15, 0.2) is 0 Å². The van der Waals surface area contributed by atoms with E-state index in [0.29, 0.717) is 24.6 Å². The van der Waals surface area contributed by atoms with Crippen LogP contribution in [-0.4, -0.2) is 35.0 Å². The van der Waals surface area contributed by atoms with Crippen LogP contribution in [0, 0.1) is 11.8 Å². The first kappa shape index (κ1) is 14.6. The van der Waals surface area contributed by atoms with Crippen LogP contribution in [0.25, 0.3) is 0 Å². The van der Waals surface area contributed by atoms with E-state index in [-0.39, 0.29) is 11.8 Å². The zero-order valence-corrected chi connectivity index (χ0v) is 12.2. The van der Waals surface area contributed by atoms with Crippen molar-refractivity contribution >= 4 is 11.9 Å². The predicted molar refractivity (Wildman–Crippen MR) is 76.7 cm³/mol. The molecule has 1 aromatic carbocycles. The summed E-state index contributed by atoms with van der Waals surface area (Å²) in [6.45, 7) is 6.92. The lowest BCUT2D eigenvalue weighted by Crippen LogP contribution is -2.29. The maximum atomic E-state index is 12.4. The molecule has 0 bridgehead atoms. The number of aliphatic carboxylic acids is 1. The quantitative estimate of drug-likeness (QED) is 0.922. The second-order valence-electron chi connectivity index (χ2n) is 5.91. The summed E-state index contributed by atoms with van der Waals surface area (Å²) < 4.78 is 0. The van der Waals surface area contributed by atoms with Crippen LogP contribution in [0.3, 0.4) is 0 Å². The predicted octanol–water partition coefficient (Wildman–Crippen LogP) is 2.60. The Bertz CT molecular complexity index is 507. The number of nitrogens with zero attached hydrogens (tertiary/aromatic N) is 1. The van der Waals surface area contributed by atoms with Gasteiger partial charge >= 0.3 is 5.97 Å². The van der Waals surface area contributed by atoms with E-state index in [0.717, 1.165) is 0 Å². The monoisotopic (exact) mass is 275 g/mol. The molecule has 0 spiro atoms. The van der Waals surface area contributed by atoms with E-state index < -0.39 is 11.9 Å². The third-order valence-electron chi connectivity index (χ3n) is 4.04. The summed E-state index contributed by atoms with van der Waals surface area (Å²) >= 11 is 0. The fraction of sp³-hybridized carbons (Fsp3) is 0.500. The van der Waals surface area contributed by atoms with E-state index in [2.05, 4.69) is 13.8 Å². The molecule has 1 aliphatic rings. The Morgan fingerprint density at radius 3 is 2.25 bits per heavy atom. The molecule has 1 heterocycles. The van der Waals surface area contributed by atoms with Gasteiger partial charge in [-0.25, -0.2) is 0 Å². The van der Waals surface area contributed by atoms with Gasteiger partial charge < -0.3 is 10.0 Å². The summed E-state index contributed by atoms with van der Waals surface area (Å²) in [6, 6.07) is 7.59. The number of carbonyl (C=O) groups excluding carboxylic acids is 1. The van der Waals surface area contributed by atoms with Crippen LogP contribution < -0.4 is 0 Å². The van der Waals surface area contributed by atoms with Gasteiger partial charge in [-0.15, -0.1) is 0 Å². The van der Waals surface area contributed by atoms with Gasteiger partial charge in [0, 0.05) is 18.7 Å². The van der Waals surface area contributed by atoms with Crippen LogP contribution in [0.4, 0.5) is 0 Å². The Hall–Kier alpha value is -1.84. The molecule has 0 aromatic heterocycles. The molecule has 2 rings (SSSR count). The molecule has 0 radical (unpaired) electrons. The highest BCUT2D eigenvalue weighted by atomic mass is 16.4. The average Bonchev–Trinajstić information content (AvgIpc) is 2.80. The Kier molecular flexibility index (Phi) is 4.12. The molecule has 4 heteroatoms. The molecular weight excluding hydrogens is 254 g/mol. The van der Waals surface area contributed by atoms with E-state index >= 15 is 0 Å². The number of carboxylic acids is 1. The molecular formula is C16H21NO3. The lowest BCUT2D eigenvalue weighted by molar-refractivity contribution is -0.142. The minimum atomic E-state index is -0.817. The van der Waals surface area contributed by atoms with Gasteiger partial charge in [0.25, 0.3) is 5.91 Å². The molecule has 1 N–H and O–H groups in total. The largest absolute Gasteiger partial charge is 0.481 e. The van der Waals surface area contributed by atoms with Crippen LogP contribution in [0.5, 0.6) is 0 Å². The Morgan fingerprint density at radius 1 is 1.20 bits per heavy atom. The molecule has 0 saturated carbocycles. The first-order chi connectivity index (χ1) is 9.40. The van der Waals surface area contributed by atoms with Gasteiger partial charge in [-0.1, -0.05) is 32.9 Å².